The van der Waals surface area contributed by atoms with Crippen molar-refractivity contribution in [1.29, 1.82) is 0 Å². The molecule has 0 fully saturated rings. The Balaban J connectivity index is 2.12. The van der Waals surface area contributed by atoms with Crippen molar-refractivity contribution in [2.24, 2.45) is 0 Å². The number of hydrogen-bond acceptors (Lipinski definition) is 4. The van der Waals surface area contributed by atoms with Gasteiger partial charge >= 0.3 is 0 Å². The number of nitrogens with zero attached hydrogens (tertiary/aromatic N) is 1. The van der Waals surface area contributed by atoms with Crippen molar-refractivity contribution in [3.63, 3.8) is 0 Å². The summed E-state index contributed by atoms with van der Waals surface area (Å²) in [6.07, 6.45) is 0.803. The molecule has 4 nitrogen and oxygen atoms in total. The topological polar surface area (TPSA) is 55.2 Å². The van der Waals surface area contributed by atoms with E-state index in [9.17, 15) is 10.1 Å². The second kappa shape index (κ2) is 6.27. The number of non-ortho nitro benzene ring substituents is 1. The zero-order chi connectivity index (χ0) is 13.8. The van der Waals surface area contributed by atoms with Crippen LogP contribution in [0, 0.1) is 10.1 Å². The van der Waals surface area contributed by atoms with Gasteiger partial charge in [-0.05, 0) is 52.0 Å². The molecule has 2 aromatic rings. The van der Waals surface area contributed by atoms with Gasteiger partial charge in [0.15, 0.2) is 0 Å². The maximum absolute atomic E-state index is 10.6. The first kappa shape index (κ1) is 14.2. The number of likely N-dealkylation sites (N-methyl/N-ethyl adjacent to an activating group) is 1. The Morgan fingerprint density at radius 3 is 2.58 bits per heavy atom. The fraction of sp³-hybridized carbons (Fsp3) is 0.231. The van der Waals surface area contributed by atoms with Crippen LogP contribution in [0.4, 0.5) is 5.69 Å². The molecule has 0 aliphatic rings. The van der Waals surface area contributed by atoms with Gasteiger partial charge < -0.3 is 5.32 Å². The van der Waals surface area contributed by atoms with E-state index >= 15 is 0 Å². The summed E-state index contributed by atoms with van der Waals surface area (Å²) in [4.78, 5) is 10.2. The number of nitrogens with one attached hydrogen (secondary N) is 1. The van der Waals surface area contributed by atoms with Gasteiger partial charge in [0, 0.05) is 18.2 Å². The van der Waals surface area contributed by atoms with Crippen LogP contribution >= 0.6 is 27.3 Å². The molecule has 0 spiro atoms. The first-order valence-electron chi connectivity index (χ1n) is 5.74. The van der Waals surface area contributed by atoms with Gasteiger partial charge in [-0.2, -0.15) is 0 Å². The van der Waals surface area contributed by atoms with Crippen molar-refractivity contribution in [1.82, 2.24) is 5.32 Å². The van der Waals surface area contributed by atoms with Gasteiger partial charge in [-0.25, -0.2) is 0 Å². The molecule has 2 rings (SSSR count). The highest BCUT2D eigenvalue weighted by atomic mass is 79.9. The first-order chi connectivity index (χ1) is 9.10. The van der Waals surface area contributed by atoms with E-state index in [1.54, 1.807) is 23.5 Å². The third kappa shape index (κ3) is 3.62. The minimum absolute atomic E-state index is 0.128. The number of rotatable bonds is 5. The highest BCUT2D eigenvalue weighted by molar-refractivity contribution is 9.11. The molecule has 0 bridgehead atoms. The maximum Gasteiger partial charge on any atom is 0.269 e. The maximum atomic E-state index is 10.6. The highest BCUT2D eigenvalue weighted by Gasteiger charge is 2.13. The zero-order valence-corrected chi connectivity index (χ0v) is 12.7. The molecule has 1 aromatic carbocycles. The molecule has 1 atom stereocenters. The molecule has 0 amide bonds. The standard InChI is InChI=1S/C13H13BrN2O2S/c1-15-12(10-7-13(14)19-8-10)6-9-2-4-11(5-3-9)16(17)18/h2-5,7-8,12,15H,6H2,1H3. The molecule has 6 heteroatoms. The normalized spacial score (nSPS) is 12.3. The lowest BCUT2D eigenvalue weighted by molar-refractivity contribution is -0.384. The number of nitro groups is 1. The van der Waals surface area contributed by atoms with Gasteiger partial charge in [0.2, 0.25) is 0 Å². The molecule has 1 heterocycles. The minimum Gasteiger partial charge on any atom is -0.313 e. The van der Waals surface area contributed by atoms with E-state index in [0.29, 0.717) is 0 Å². The summed E-state index contributed by atoms with van der Waals surface area (Å²) >= 11 is 5.11. The van der Waals surface area contributed by atoms with E-state index in [1.165, 1.54) is 5.56 Å². The van der Waals surface area contributed by atoms with Gasteiger partial charge in [-0.1, -0.05) is 12.1 Å². The van der Waals surface area contributed by atoms with Crippen LogP contribution in [-0.2, 0) is 6.42 Å². The molecule has 0 aliphatic carbocycles. The van der Waals surface area contributed by atoms with Crippen LogP contribution < -0.4 is 5.32 Å². The van der Waals surface area contributed by atoms with Crippen molar-refractivity contribution in [2.45, 2.75) is 12.5 Å². The van der Waals surface area contributed by atoms with Crippen molar-refractivity contribution < 1.29 is 4.92 Å². The van der Waals surface area contributed by atoms with Gasteiger partial charge in [-0.15, -0.1) is 11.3 Å². The van der Waals surface area contributed by atoms with Crippen molar-refractivity contribution in [2.75, 3.05) is 7.05 Å². The summed E-state index contributed by atoms with van der Waals surface area (Å²) in [5.41, 5.74) is 2.42. The Labute approximate surface area is 123 Å². The zero-order valence-electron chi connectivity index (χ0n) is 10.3. The number of benzene rings is 1. The van der Waals surface area contributed by atoms with Crippen LogP contribution in [0.2, 0.25) is 0 Å². The Bertz CT molecular complexity index is 568. The molecule has 19 heavy (non-hydrogen) atoms. The minimum atomic E-state index is -0.380. The summed E-state index contributed by atoms with van der Waals surface area (Å²) in [6.45, 7) is 0. The molecular weight excluding hydrogens is 328 g/mol. The van der Waals surface area contributed by atoms with Crippen molar-refractivity contribution in [3.8, 4) is 0 Å². The summed E-state index contributed by atoms with van der Waals surface area (Å²) < 4.78 is 1.10. The van der Waals surface area contributed by atoms with Crippen LogP contribution in [0.3, 0.4) is 0 Å². The Morgan fingerprint density at radius 2 is 2.11 bits per heavy atom. The van der Waals surface area contributed by atoms with E-state index in [4.69, 9.17) is 0 Å². The third-order valence-corrected chi connectivity index (χ3v) is 4.45. The predicted molar refractivity (Wildman–Crippen MR) is 80.6 cm³/mol. The molecule has 1 unspecified atom stereocenters. The largest absolute Gasteiger partial charge is 0.313 e. The van der Waals surface area contributed by atoms with Crippen LogP contribution in [0.5, 0.6) is 0 Å². The quantitative estimate of drug-likeness (QED) is 0.662. The Hall–Kier alpha value is -1.24. The monoisotopic (exact) mass is 340 g/mol. The van der Waals surface area contributed by atoms with Gasteiger partial charge in [0.25, 0.3) is 5.69 Å². The first-order valence-corrected chi connectivity index (χ1v) is 7.42. The number of thiophene rings is 1. The number of hydrogen-bond donors (Lipinski definition) is 1. The summed E-state index contributed by atoms with van der Waals surface area (Å²) in [5, 5.41) is 16.0. The fourth-order valence-corrected chi connectivity index (χ4v) is 3.11. The van der Waals surface area contributed by atoms with Crippen molar-refractivity contribution in [3.05, 3.63) is 60.7 Å². The lowest BCUT2D eigenvalue weighted by atomic mass is 10.0. The van der Waals surface area contributed by atoms with E-state index in [1.807, 2.05) is 19.2 Å². The van der Waals surface area contributed by atoms with Gasteiger partial charge in [-0.3, -0.25) is 10.1 Å². The molecule has 100 valence electrons. The van der Waals surface area contributed by atoms with Gasteiger partial charge in [0.1, 0.15) is 0 Å². The average molecular weight is 341 g/mol. The third-order valence-electron chi connectivity index (χ3n) is 2.93. The summed E-state index contributed by atoms with van der Waals surface area (Å²) in [7, 11) is 1.92. The van der Waals surface area contributed by atoms with E-state index in [2.05, 4.69) is 32.7 Å². The lowest BCUT2D eigenvalue weighted by Crippen LogP contribution is -2.18. The molecular formula is C13H13BrN2O2S. The van der Waals surface area contributed by atoms with E-state index in [-0.39, 0.29) is 16.7 Å². The number of nitro benzene ring substituents is 1. The van der Waals surface area contributed by atoms with Crippen LogP contribution in [0.15, 0.2) is 39.5 Å². The SMILES string of the molecule is CNC(Cc1ccc([N+](=O)[O-])cc1)c1csc(Br)c1. The Morgan fingerprint density at radius 1 is 1.42 bits per heavy atom. The molecule has 0 radical (unpaired) electrons. The molecule has 0 aliphatic heterocycles. The molecule has 0 saturated heterocycles. The fourth-order valence-electron chi connectivity index (χ4n) is 1.88. The predicted octanol–water partition coefficient (Wildman–Crippen LogP) is 3.92. The average Bonchev–Trinajstić information content (AvgIpc) is 2.83. The molecule has 1 aromatic heterocycles. The second-order valence-electron chi connectivity index (χ2n) is 4.15. The van der Waals surface area contributed by atoms with Crippen molar-refractivity contribution >= 4 is 33.0 Å². The molecule has 0 saturated carbocycles. The van der Waals surface area contributed by atoms with E-state index < -0.39 is 0 Å². The summed E-state index contributed by atoms with van der Waals surface area (Å²) in [5.74, 6) is 0. The smallest absolute Gasteiger partial charge is 0.269 e. The summed E-state index contributed by atoms with van der Waals surface area (Å²) in [6, 6.07) is 9.02. The highest BCUT2D eigenvalue weighted by Crippen LogP contribution is 2.27. The van der Waals surface area contributed by atoms with Crippen LogP contribution in [0.25, 0.3) is 0 Å². The van der Waals surface area contributed by atoms with Crippen LogP contribution in [0.1, 0.15) is 17.2 Å². The number of halogens is 1. The second-order valence-corrected chi connectivity index (χ2v) is 6.44. The van der Waals surface area contributed by atoms with Crippen LogP contribution in [-0.4, -0.2) is 12.0 Å². The van der Waals surface area contributed by atoms with Gasteiger partial charge in [0.05, 0.1) is 8.71 Å². The lowest BCUT2D eigenvalue weighted by Gasteiger charge is -2.14. The Kier molecular flexibility index (Phi) is 4.68. The molecule has 1 N–H and O–H groups in total. The van der Waals surface area contributed by atoms with E-state index in [0.717, 1.165) is 15.8 Å².